The average Bonchev–Trinajstić information content (AvgIpc) is 2.86. The minimum Gasteiger partial charge on any atom is -0.495 e. The molecule has 1 fully saturated rings. The number of anilines is 1. The molecule has 1 atom stereocenters. The molecule has 98 valence electrons. The molecule has 4 heteroatoms. The number of likely N-dealkylation sites (tertiary alicyclic amines) is 1. The molecule has 1 aliphatic heterocycles. The predicted octanol–water partition coefficient (Wildman–Crippen LogP) is 2.15. The molecular formula is C14H20N2O2. The molecule has 0 saturated carbocycles. The van der Waals surface area contributed by atoms with Crippen molar-refractivity contribution < 1.29 is 9.53 Å². The summed E-state index contributed by atoms with van der Waals surface area (Å²) in [6.07, 6.45) is 2.24. The Morgan fingerprint density at radius 2 is 2.33 bits per heavy atom. The zero-order valence-electron chi connectivity index (χ0n) is 11.0. The smallest absolute Gasteiger partial charge is 0.253 e. The van der Waals surface area contributed by atoms with E-state index in [9.17, 15) is 4.79 Å². The van der Waals surface area contributed by atoms with Gasteiger partial charge in [-0.2, -0.15) is 0 Å². The maximum atomic E-state index is 12.3. The number of hydrogen-bond acceptors (Lipinski definition) is 3. The fourth-order valence-electron chi connectivity index (χ4n) is 2.40. The van der Waals surface area contributed by atoms with E-state index in [1.165, 1.54) is 0 Å². The number of nitrogens with zero attached hydrogens (tertiary/aromatic N) is 1. The van der Waals surface area contributed by atoms with E-state index in [1.807, 2.05) is 4.90 Å². The lowest BCUT2D eigenvalue weighted by Crippen LogP contribution is -2.28. The van der Waals surface area contributed by atoms with Gasteiger partial charge in [-0.15, -0.1) is 0 Å². The molecule has 0 aliphatic carbocycles. The van der Waals surface area contributed by atoms with Crippen LogP contribution in [0.5, 0.6) is 5.75 Å². The van der Waals surface area contributed by atoms with Gasteiger partial charge in [-0.1, -0.05) is 13.3 Å². The van der Waals surface area contributed by atoms with Gasteiger partial charge in [-0.3, -0.25) is 4.79 Å². The van der Waals surface area contributed by atoms with Crippen LogP contribution in [0.15, 0.2) is 18.2 Å². The second-order valence-electron chi connectivity index (χ2n) is 4.77. The largest absolute Gasteiger partial charge is 0.495 e. The lowest BCUT2D eigenvalue weighted by molar-refractivity contribution is 0.0787. The van der Waals surface area contributed by atoms with Gasteiger partial charge >= 0.3 is 0 Å². The second kappa shape index (κ2) is 5.29. The van der Waals surface area contributed by atoms with Crippen molar-refractivity contribution in [2.24, 2.45) is 5.92 Å². The Labute approximate surface area is 108 Å². The highest BCUT2D eigenvalue weighted by Gasteiger charge is 2.25. The van der Waals surface area contributed by atoms with Crippen LogP contribution < -0.4 is 10.5 Å². The molecule has 18 heavy (non-hydrogen) atoms. The summed E-state index contributed by atoms with van der Waals surface area (Å²) in [5, 5.41) is 0. The monoisotopic (exact) mass is 248 g/mol. The Bertz CT molecular complexity index is 445. The van der Waals surface area contributed by atoms with Crippen LogP contribution in [0, 0.1) is 5.92 Å². The Kier molecular flexibility index (Phi) is 3.75. The van der Waals surface area contributed by atoms with Crippen LogP contribution in [0.1, 0.15) is 30.1 Å². The number of hydrogen-bond donors (Lipinski definition) is 1. The molecule has 0 bridgehead atoms. The van der Waals surface area contributed by atoms with E-state index in [0.29, 0.717) is 22.9 Å². The fourth-order valence-corrected chi connectivity index (χ4v) is 2.40. The topological polar surface area (TPSA) is 55.6 Å². The highest BCUT2D eigenvalue weighted by atomic mass is 16.5. The molecule has 1 saturated heterocycles. The third-order valence-corrected chi connectivity index (χ3v) is 3.63. The van der Waals surface area contributed by atoms with Crippen molar-refractivity contribution in [1.29, 1.82) is 0 Å². The number of benzene rings is 1. The number of ether oxygens (including phenoxy) is 1. The first kappa shape index (κ1) is 12.7. The van der Waals surface area contributed by atoms with Crippen molar-refractivity contribution >= 4 is 11.6 Å². The highest BCUT2D eigenvalue weighted by Crippen LogP contribution is 2.25. The van der Waals surface area contributed by atoms with Crippen molar-refractivity contribution in [3.05, 3.63) is 23.8 Å². The van der Waals surface area contributed by atoms with Gasteiger partial charge < -0.3 is 15.4 Å². The molecule has 1 aliphatic rings. The standard InChI is InChI=1S/C14H20N2O2/c1-3-10-6-7-16(9-10)14(17)11-4-5-13(18-2)12(15)8-11/h4-5,8,10H,3,6-7,9,15H2,1-2H3. The molecule has 0 spiro atoms. The Morgan fingerprint density at radius 3 is 2.89 bits per heavy atom. The van der Waals surface area contributed by atoms with Gasteiger partial charge in [0, 0.05) is 18.7 Å². The highest BCUT2D eigenvalue weighted by molar-refractivity contribution is 5.95. The lowest BCUT2D eigenvalue weighted by atomic mass is 10.1. The van der Waals surface area contributed by atoms with E-state index in [0.717, 1.165) is 25.9 Å². The molecule has 2 N–H and O–H groups in total. The molecule has 1 heterocycles. The lowest BCUT2D eigenvalue weighted by Gasteiger charge is -2.17. The first-order valence-electron chi connectivity index (χ1n) is 6.38. The van der Waals surface area contributed by atoms with Crippen molar-refractivity contribution in [1.82, 2.24) is 4.90 Å². The summed E-state index contributed by atoms with van der Waals surface area (Å²) in [5.74, 6) is 1.32. The molecule has 2 rings (SSSR count). The third-order valence-electron chi connectivity index (χ3n) is 3.63. The van der Waals surface area contributed by atoms with Gasteiger partial charge in [0.15, 0.2) is 0 Å². The number of rotatable bonds is 3. The Balaban J connectivity index is 2.12. The van der Waals surface area contributed by atoms with Gasteiger partial charge in [0.05, 0.1) is 12.8 Å². The Hall–Kier alpha value is -1.71. The molecule has 1 aromatic rings. The fraction of sp³-hybridized carbons (Fsp3) is 0.500. The van der Waals surface area contributed by atoms with Crippen molar-refractivity contribution in [2.45, 2.75) is 19.8 Å². The first-order chi connectivity index (χ1) is 8.65. The quantitative estimate of drug-likeness (QED) is 0.834. The summed E-state index contributed by atoms with van der Waals surface area (Å²) < 4.78 is 5.09. The summed E-state index contributed by atoms with van der Waals surface area (Å²) in [5.41, 5.74) is 6.98. The SMILES string of the molecule is CCC1CCN(C(=O)c2ccc(OC)c(N)c2)C1. The summed E-state index contributed by atoms with van der Waals surface area (Å²) in [7, 11) is 1.57. The number of amides is 1. The predicted molar refractivity (Wildman–Crippen MR) is 71.7 cm³/mol. The van der Waals surface area contributed by atoms with E-state index in [-0.39, 0.29) is 5.91 Å². The van der Waals surface area contributed by atoms with Crippen LogP contribution in [-0.2, 0) is 0 Å². The van der Waals surface area contributed by atoms with Crippen LogP contribution in [0.25, 0.3) is 0 Å². The van der Waals surface area contributed by atoms with Crippen LogP contribution in [-0.4, -0.2) is 31.0 Å². The van der Waals surface area contributed by atoms with Crippen LogP contribution in [0.4, 0.5) is 5.69 Å². The molecular weight excluding hydrogens is 228 g/mol. The van der Waals surface area contributed by atoms with Crippen molar-refractivity contribution in [3.63, 3.8) is 0 Å². The van der Waals surface area contributed by atoms with Gasteiger partial charge in [0.1, 0.15) is 5.75 Å². The molecule has 0 radical (unpaired) electrons. The molecule has 4 nitrogen and oxygen atoms in total. The number of nitrogens with two attached hydrogens (primary N) is 1. The average molecular weight is 248 g/mol. The number of carbonyl (C=O) groups is 1. The van der Waals surface area contributed by atoms with Gasteiger partial charge in [-0.25, -0.2) is 0 Å². The second-order valence-corrected chi connectivity index (χ2v) is 4.77. The number of nitrogen functional groups attached to an aromatic ring is 1. The maximum absolute atomic E-state index is 12.3. The maximum Gasteiger partial charge on any atom is 0.253 e. The Morgan fingerprint density at radius 1 is 1.56 bits per heavy atom. The van der Waals surface area contributed by atoms with Crippen LogP contribution >= 0.6 is 0 Å². The van der Waals surface area contributed by atoms with E-state index in [2.05, 4.69) is 6.92 Å². The van der Waals surface area contributed by atoms with Crippen molar-refractivity contribution in [3.8, 4) is 5.75 Å². The molecule has 0 aromatic heterocycles. The minimum atomic E-state index is 0.0697. The summed E-state index contributed by atoms with van der Waals surface area (Å²) in [4.78, 5) is 14.2. The minimum absolute atomic E-state index is 0.0697. The van der Waals surface area contributed by atoms with E-state index in [1.54, 1.807) is 25.3 Å². The van der Waals surface area contributed by atoms with Gasteiger partial charge in [0.2, 0.25) is 0 Å². The van der Waals surface area contributed by atoms with Gasteiger partial charge in [0.25, 0.3) is 5.91 Å². The van der Waals surface area contributed by atoms with E-state index in [4.69, 9.17) is 10.5 Å². The molecule has 1 unspecified atom stereocenters. The first-order valence-corrected chi connectivity index (χ1v) is 6.38. The third kappa shape index (κ3) is 2.42. The van der Waals surface area contributed by atoms with E-state index >= 15 is 0 Å². The molecule has 1 aromatic carbocycles. The van der Waals surface area contributed by atoms with E-state index < -0.39 is 0 Å². The zero-order valence-corrected chi connectivity index (χ0v) is 11.0. The number of carbonyl (C=O) groups excluding carboxylic acids is 1. The van der Waals surface area contributed by atoms with Crippen LogP contribution in [0.3, 0.4) is 0 Å². The van der Waals surface area contributed by atoms with Gasteiger partial charge in [-0.05, 0) is 30.5 Å². The number of methoxy groups -OCH3 is 1. The summed E-state index contributed by atoms with van der Waals surface area (Å²) in [6, 6.07) is 5.22. The zero-order chi connectivity index (χ0) is 13.1. The normalized spacial score (nSPS) is 19.0. The van der Waals surface area contributed by atoms with Crippen LogP contribution in [0.2, 0.25) is 0 Å². The summed E-state index contributed by atoms with van der Waals surface area (Å²) in [6.45, 7) is 3.88. The summed E-state index contributed by atoms with van der Waals surface area (Å²) >= 11 is 0. The van der Waals surface area contributed by atoms with Crippen molar-refractivity contribution in [2.75, 3.05) is 25.9 Å². The molecule has 1 amide bonds.